The van der Waals surface area contributed by atoms with Gasteiger partial charge >= 0.3 is 0 Å². The maximum absolute atomic E-state index is 12.5. The SMILES string of the molecule is O=C(c1ccccc1)N1CCC=C(c2ccccc2)C1. The van der Waals surface area contributed by atoms with E-state index in [9.17, 15) is 4.79 Å². The summed E-state index contributed by atoms with van der Waals surface area (Å²) in [5.41, 5.74) is 3.21. The molecule has 1 amide bonds. The van der Waals surface area contributed by atoms with E-state index in [1.54, 1.807) is 0 Å². The van der Waals surface area contributed by atoms with E-state index < -0.39 is 0 Å². The van der Waals surface area contributed by atoms with Gasteiger partial charge in [-0.1, -0.05) is 54.6 Å². The van der Waals surface area contributed by atoms with Crippen molar-refractivity contribution in [1.82, 2.24) is 4.90 Å². The largest absolute Gasteiger partial charge is 0.334 e. The second kappa shape index (κ2) is 5.74. The van der Waals surface area contributed by atoms with Crippen LogP contribution in [0, 0.1) is 0 Å². The van der Waals surface area contributed by atoms with Crippen molar-refractivity contribution in [2.45, 2.75) is 6.42 Å². The van der Waals surface area contributed by atoms with Crippen LogP contribution in [0.1, 0.15) is 22.3 Å². The predicted molar refractivity (Wildman–Crippen MR) is 81.4 cm³/mol. The zero-order valence-corrected chi connectivity index (χ0v) is 11.3. The van der Waals surface area contributed by atoms with Crippen molar-refractivity contribution in [3.05, 3.63) is 77.9 Å². The topological polar surface area (TPSA) is 20.3 Å². The Morgan fingerprint density at radius 2 is 1.55 bits per heavy atom. The van der Waals surface area contributed by atoms with Crippen molar-refractivity contribution >= 4 is 11.5 Å². The van der Waals surface area contributed by atoms with Crippen LogP contribution >= 0.6 is 0 Å². The maximum Gasteiger partial charge on any atom is 0.254 e. The number of carbonyl (C=O) groups is 1. The molecule has 2 nitrogen and oxygen atoms in total. The van der Waals surface area contributed by atoms with Gasteiger partial charge in [-0.25, -0.2) is 0 Å². The fourth-order valence-electron chi connectivity index (χ4n) is 2.54. The zero-order chi connectivity index (χ0) is 13.8. The van der Waals surface area contributed by atoms with Crippen molar-refractivity contribution in [1.29, 1.82) is 0 Å². The average molecular weight is 263 g/mol. The summed E-state index contributed by atoms with van der Waals surface area (Å²) < 4.78 is 0. The van der Waals surface area contributed by atoms with Crippen LogP contribution in [-0.2, 0) is 0 Å². The van der Waals surface area contributed by atoms with Crippen LogP contribution in [0.4, 0.5) is 0 Å². The first-order chi connectivity index (χ1) is 9.84. The van der Waals surface area contributed by atoms with Gasteiger partial charge in [0, 0.05) is 18.7 Å². The molecule has 0 bridgehead atoms. The minimum atomic E-state index is 0.118. The van der Waals surface area contributed by atoms with Crippen molar-refractivity contribution in [2.24, 2.45) is 0 Å². The van der Waals surface area contributed by atoms with Gasteiger partial charge in [0.05, 0.1) is 0 Å². The zero-order valence-electron chi connectivity index (χ0n) is 11.3. The molecule has 20 heavy (non-hydrogen) atoms. The first-order valence-corrected chi connectivity index (χ1v) is 6.93. The lowest BCUT2D eigenvalue weighted by atomic mass is 10.0. The van der Waals surface area contributed by atoms with Gasteiger partial charge in [-0.15, -0.1) is 0 Å². The first kappa shape index (κ1) is 12.7. The lowest BCUT2D eigenvalue weighted by Crippen LogP contribution is -2.35. The monoisotopic (exact) mass is 263 g/mol. The molecule has 0 atom stereocenters. The Hall–Kier alpha value is -2.35. The summed E-state index contributed by atoms with van der Waals surface area (Å²) >= 11 is 0. The minimum absolute atomic E-state index is 0.118. The van der Waals surface area contributed by atoms with Crippen LogP contribution in [0.25, 0.3) is 5.57 Å². The summed E-state index contributed by atoms with van der Waals surface area (Å²) in [5.74, 6) is 0.118. The second-order valence-electron chi connectivity index (χ2n) is 4.98. The lowest BCUT2D eigenvalue weighted by molar-refractivity contribution is 0.0775. The minimum Gasteiger partial charge on any atom is -0.334 e. The molecule has 0 fully saturated rings. The molecule has 0 spiro atoms. The second-order valence-corrected chi connectivity index (χ2v) is 4.98. The van der Waals surface area contributed by atoms with Gasteiger partial charge in [-0.05, 0) is 29.7 Å². The molecule has 0 radical (unpaired) electrons. The summed E-state index contributed by atoms with van der Waals surface area (Å²) in [7, 11) is 0. The van der Waals surface area contributed by atoms with Gasteiger partial charge in [0.2, 0.25) is 0 Å². The van der Waals surface area contributed by atoms with E-state index in [1.165, 1.54) is 11.1 Å². The Morgan fingerprint density at radius 3 is 2.25 bits per heavy atom. The van der Waals surface area contributed by atoms with E-state index >= 15 is 0 Å². The highest BCUT2D eigenvalue weighted by Gasteiger charge is 2.19. The van der Waals surface area contributed by atoms with Crippen LogP contribution in [0.3, 0.4) is 0 Å². The Balaban J connectivity index is 1.78. The number of carbonyl (C=O) groups excluding carboxylic acids is 1. The fraction of sp³-hybridized carbons (Fsp3) is 0.167. The van der Waals surface area contributed by atoms with Crippen molar-refractivity contribution in [3.63, 3.8) is 0 Å². The van der Waals surface area contributed by atoms with Crippen molar-refractivity contribution in [3.8, 4) is 0 Å². The van der Waals surface area contributed by atoms with Crippen LogP contribution in [0.5, 0.6) is 0 Å². The smallest absolute Gasteiger partial charge is 0.254 e. The third kappa shape index (κ3) is 2.64. The summed E-state index contributed by atoms with van der Waals surface area (Å²) in [6.45, 7) is 1.49. The third-order valence-corrected chi connectivity index (χ3v) is 3.60. The highest BCUT2D eigenvalue weighted by atomic mass is 16.2. The molecule has 1 aliphatic heterocycles. The molecule has 2 aromatic carbocycles. The molecular weight excluding hydrogens is 246 g/mol. The number of hydrogen-bond donors (Lipinski definition) is 0. The number of rotatable bonds is 2. The number of hydrogen-bond acceptors (Lipinski definition) is 1. The Labute approximate surface area is 119 Å². The van der Waals surface area contributed by atoms with Crippen molar-refractivity contribution < 1.29 is 4.79 Å². The molecule has 1 aliphatic rings. The first-order valence-electron chi connectivity index (χ1n) is 6.93. The van der Waals surface area contributed by atoms with Gasteiger partial charge in [-0.2, -0.15) is 0 Å². The molecule has 0 saturated carbocycles. The van der Waals surface area contributed by atoms with E-state index in [0.29, 0.717) is 6.54 Å². The average Bonchev–Trinajstić information content (AvgIpc) is 2.56. The highest BCUT2D eigenvalue weighted by Crippen LogP contribution is 2.21. The van der Waals surface area contributed by atoms with E-state index in [2.05, 4.69) is 18.2 Å². The fourth-order valence-corrected chi connectivity index (χ4v) is 2.54. The van der Waals surface area contributed by atoms with Crippen LogP contribution in [0.2, 0.25) is 0 Å². The molecule has 0 saturated heterocycles. The number of nitrogens with zero attached hydrogens (tertiary/aromatic N) is 1. The standard InChI is InChI=1S/C18H17NO/c20-18(16-10-5-2-6-11-16)19-13-7-12-17(14-19)15-8-3-1-4-9-15/h1-6,8-12H,7,13-14H2. The molecule has 100 valence electrons. The van der Waals surface area contributed by atoms with Gasteiger partial charge < -0.3 is 4.90 Å². The lowest BCUT2D eigenvalue weighted by Gasteiger charge is -2.27. The van der Waals surface area contributed by atoms with Gasteiger partial charge in [0.1, 0.15) is 0 Å². The summed E-state index contributed by atoms with van der Waals surface area (Å²) in [6, 6.07) is 19.8. The quantitative estimate of drug-likeness (QED) is 0.810. The number of benzene rings is 2. The maximum atomic E-state index is 12.5. The molecule has 0 aromatic heterocycles. The van der Waals surface area contributed by atoms with Crippen LogP contribution in [-0.4, -0.2) is 23.9 Å². The third-order valence-electron chi connectivity index (χ3n) is 3.60. The Kier molecular flexibility index (Phi) is 3.64. The summed E-state index contributed by atoms with van der Waals surface area (Å²) in [4.78, 5) is 14.4. The van der Waals surface area contributed by atoms with E-state index in [1.807, 2.05) is 53.4 Å². The Morgan fingerprint density at radius 1 is 0.900 bits per heavy atom. The van der Waals surface area contributed by atoms with Gasteiger partial charge in [0.25, 0.3) is 5.91 Å². The highest BCUT2D eigenvalue weighted by molar-refractivity contribution is 5.95. The number of amides is 1. The van der Waals surface area contributed by atoms with Crippen LogP contribution < -0.4 is 0 Å². The van der Waals surface area contributed by atoms with E-state index in [-0.39, 0.29) is 5.91 Å². The molecular formula is C18H17NO. The predicted octanol–water partition coefficient (Wildman–Crippen LogP) is 3.62. The van der Waals surface area contributed by atoms with Gasteiger partial charge in [0.15, 0.2) is 0 Å². The molecule has 0 unspecified atom stereocenters. The summed E-state index contributed by atoms with van der Waals surface area (Å²) in [6.07, 6.45) is 3.16. The van der Waals surface area contributed by atoms with Crippen molar-refractivity contribution in [2.75, 3.05) is 13.1 Å². The molecule has 0 aliphatic carbocycles. The van der Waals surface area contributed by atoms with E-state index in [0.717, 1.165) is 18.5 Å². The Bertz CT molecular complexity index is 616. The summed E-state index contributed by atoms with van der Waals surface area (Å²) in [5, 5.41) is 0. The van der Waals surface area contributed by atoms with Gasteiger partial charge in [-0.3, -0.25) is 4.79 Å². The molecule has 2 heteroatoms. The molecule has 3 rings (SSSR count). The van der Waals surface area contributed by atoms with E-state index in [4.69, 9.17) is 0 Å². The molecule has 0 N–H and O–H groups in total. The molecule has 2 aromatic rings. The van der Waals surface area contributed by atoms with Crippen LogP contribution in [0.15, 0.2) is 66.7 Å². The molecule has 1 heterocycles. The normalized spacial score (nSPS) is 14.8.